The molecule has 0 aliphatic carbocycles. The maximum atomic E-state index is 6.03. The summed E-state index contributed by atoms with van der Waals surface area (Å²) in [5.41, 5.74) is 9.17. The molecule has 0 spiro atoms. The zero-order valence-electron chi connectivity index (χ0n) is 17.4. The van der Waals surface area contributed by atoms with Crippen LogP contribution in [0.2, 0.25) is 0 Å². The molecule has 8 heteroatoms. The Balaban J connectivity index is 1.19. The highest BCUT2D eigenvalue weighted by Gasteiger charge is 2.21. The van der Waals surface area contributed by atoms with Crippen LogP contribution in [-0.2, 0) is 13.0 Å². The Hall–Kier alpha value is -3.23. The summed E-state index contributed by atoms with van der Waals surface area (Å²) in [5.74, 6) is 1.47. The van der Waals surface area contributed by atoms with Crippen molar-refractivity contribution in [1.82, 2.24) is 29.8 Å². The SMILES string of the molecule is Nc1ncc(CN2CCC(NCCc3ccccc3)CC2)c2nc(-c3ccco3)nn12. The van der Waals surface area contributed by atoms with Crippen LogP contribution in [0.15, 0.2) is 59.3 Å². The van der Waals surface area contributed by atoms with Gasteiger partial charge in [0, 0.05) is 24.3 Å². The predicted octanol–water partition coefficient (Wildman–Crippen LogP) is 2.76. The van der Waals surface area contributed by atoms with E-state index >= 15 is 0 Å². The zero-order chi connectivity index (χ0) is 21.0. The number of piperidine rings is 1. The lowest BCUT2D eigenvalue weighted by atomic mass is 10.0. The van der Waals surface area contributed by atoms with Gasteiger partial charge in [-0.1, -0.05) is 30.3 Å². The molecule has 0 bridgehead atoms. The van der Waals surface area contributed by atoms with Crippen molar-refractivity contribution < 1.29 is 4.42 Å². The Kier molecular flexibility index (Phi) is 5.64. The molecule has 31 heavy (non-hydrogen) atoms. The molecule has 0 atom stereocenters. The zero-order valence-corrected chi connectivity index (χ0v) is 17.4. The van der Waals surface area contributed by atoms with Crippen LogP contribution >= 0.6 is 0 Å². The number of hydrogen-bond acceptors (Lipinski definition) is 7. The van der Waals surface area contributed by atoms with Gasteiger partial charge in [-0.15, -0.1) is 5.10 Å². The molecule has 0 amide bonds. The van der Waals surface area contributed by atoms with Crippen molar-refractivity contribution in [3.8, 4) is 11.6 Å². The van der Waals surface area contributed by atoms with Crippen molar-refractivity contribution in [3.05, 3.63) is 66.1 Å². The third kappa shape index (κ3) is 4.45. The van der Waals surface area contributed by atoms with E-state index in [1.165, 1.54) is 5.56 Å². The highest BCUT2D eigenvalue weighted by atomic mass is 16.3. The van der Waals surface area contributed by atoms with Gasteiger partial charge in [0.15, 0.2) is 11.4 Å². The van der Waals surface area contributed by atoms with Crippen molar-refractivity contribution in [2.45, 2.75) is 31.8 Å². The first-order valence-electron chi connectivity index (χ1n) is 10.8. The van der Waals surface area contributed by atoms with Gasteiger partial charge in [-0.05, 0) is 56.6 Å². The van der Waals surface area contributed by atoms with E-state index in [1.54, 1.807) is 10.8 Å². The van der Waals surface area contributed by atoms with Gasteiger partial charge in [-0.3, -0.25) is 4.90 Å². The average Bonchev–Trinajstić information content (AvgIpc) is 3.48. The largest absolute Gasteiger partial charge is 0.461 e. The van der Waals surface area contributed by atoms with E-state index < -0.39 is 0 Å². The fraction of sp³-hybridized carbons (Fsp3) is 0.348. The molecule has 3 aromatic heterocycles. The summed E-state index contributed by atoms with van der Waals surface area (Å²) >= 11 is 0. The van der Waals surface area contributed by atoms with Gasteiger partial charge in [0.25, 0.3) is 0 Å². The van der Waals surface area contributed by atoms with Crippen molar-refractivity contribution in [2.24, 2.45) is 0 Å². The number of rotatable bonds is 7. The lowest BCUT2D eigenvalue weighted by Gasteiger charge is -2.32. The van der Waals surface area contributed by atoms with Crippen LogP contribution in [0.4, 0.5) is 5.95 Å². The first kappa shape index (κ1) is 19.7. The molecule has 0 unspecified atom stereocenters. The molecule has 160 valence electrons. The normalized spacial score (nSPS) is 15.6. The number of nitrogens with two attached hydrogens (primary N) is 1. The van der Waals surface area contributed by atoms with Crippen molar-refractivity contribution in [1.29, 1.82) is 0 Å². The molecule has 1 saturated heterocycles. The van der Waals surface area contributed by atoms with E-state index in [9.17, 15) is 0 Å². The number of furan rings is 1. The number of nitrogen functional groups attached to an aromatic ring is 1. The summed E-state index contributed by atoms with van der Waals surface area (Å²) in [4.78, 5) is 11.4. The third-order valence-corrected chi connectivity index (χ3v) is 5.88. The van der Waals surface area contributed by atoms with E-state index in [1.807, 2.05) is 18.3 Å². The maximum absolute atomic E-state index is 6.03. The Labute approximate surface area is 181 Å². The number of likely N-dealkylation sites (tertiary alicyclic amines) is 1. The first-order valence-corrected chi connectivity index (χ1v) is 10.8. The molecule has 0 radical (unpaired) electrons. The smallest absolute Gasteiger partial charge is 0.223 e. The van der Waals surface area contributed by atoms with Crippen LogP contribution in [0.3, 0.4) is 0 Å². The van der Waals surface area contributed by atoms with Crippen LogP contribution in [0.5, 0.6) is 0 Å². The summed E-state index contributed by atoms with van der Waals surface area (Å²) in [7, 11) is 0. The molecule has 1 aliphatic rings. The Morgan fingerprint density at radius 3 is 2.71 bits per heavy atom. The Bertz CT molecular complexity index is 1120. The second-order valence-corrected chi connectivity index (χ2v) is 8.03. The molecule has 5 rings (SSSR count). The molecule has 8 nitrogen and oxygen atoms in total. The fourth-order valence-corrected chi connectivity index (χ4v) is 4.16. The van der Waals surface area contributed by atoms with E-state index in [0.29, 0.717) is 23.6 Å². The second kappa shape index (κ2) is 8.87. The minimum atomic E-state index is 0.324. The van der Waals surface area contributed by atoms with Gasteiger partial charge in [0.05, 0.1) is 6.26 Å². The number of anilines is 1. The number of nitrogens with one attached hydrogen (secondary N) is 1. The first-order chi connectivity index (χ1) is 15.3. The summed E-state index contributed by atoms with van der Waals surface area (Å²) in [5, 5.41) is 8.19. The van der Waals surface area contributed by atoms with Crippen LogP contribution in [0.1, 0.15) is 24.0 Å². The van der Waals surface area contributed by atoms with Crippen LogP contribution in [-0.4, -0.2) is 50.2 Å². The second-order valence-electron chi connectivity index (χ2n) is 8.03. The number of fused-ring (bicyclic) bond motifs is 1. The van der Waals surface area contributed by atoms with Gasteiger partial charge in [-0.25, -0.2) is 9.97 Å². The molecular formula is C23H27N7O. The van der Waals surface area contributed by atoms with E-state index in [-0.39, 0.29) is 0 Å². The van der Waals surface area contributed by atoms with E-state index in [2.05, 4.69) is 55.6 Å². The molecule has 0 saturated carbocycles. The number of nitrogens with zero attached hydrogens (tertiary/aromatic N) is 5. The van der Waals surface area contributed by atoms with Crippen LogP contribution in [0, 0.1) is 0 Å². The highest BCUT2D eigenvalue weighted by Crippen LogP contribution is 2.21. The van der Waals surface area contributed by atoms with E-state index in [0.717, 1.165) is 56.7 Å². The standard InChI is InChI=1S/C23H27N7O/c24-23-26-15-18(22-27-21(28-30(22)23)20-7-4-14-31-20)16-29-12-9-19(10-13-29)25-11-8-17-5-2-1-3-6-17/h1-7,14-15,19,25H,8-13,16H2,(H2,24,26). The number of hydrogen-bond donors (Lipinski definition) is 2. The minimum Gasteiger partial charge on any atom is -0.461 e. The maximum Gasteiger partial charge on any atom is 0.223 e. The van der Waals surface area contributed by atoms with Crippen LogP contribution in [0.25, 0.3) is 17.2 Å². The number of benzene rings is 1. The molecule has 4 heterocycles. The molecule has 1 aliphatic heterocycles. The monoisotopic (exact) mass is 417 g/mol. The van der Waals surface area contributed by atoms with Gasteiger partial charge in [0.1, 0.15) is 0 Å². The predicted molar refractivity (Wildman–Crippen MR) is 119 cm³/mol. The van der Waals surface area contributed by atoms with Crippen molar-refractivity contribution >= 4 is 11.6 Å². The van der Waals surface area contributed by atoms with Crippen molar-refractivity contribution in [3.63, 3.8) is 0 Å². The lowest BCUT2D eigenvalue weighted by Crippen LogP contribution is -2.42. The Morgan fingerprint density at radius 1 is 1.10 bits per heavy atom. The lowest BCUT2D eigenvalue weighted by molar-refractivity contribution is 0.191. The van der Waals surface area contributed by atoms with Gasteiger partial charge in [-0.2, -0.15) is 4.52 Å². The topological polar surface area (TPSA) is 97.5 Å². The third-order valence-electron chi connectivity index (χ3n) is 5.88. The fourth-order valence-electron chi connectivity index (χ4n) is 4.16. The summed E-state index contributed by atoms with van der Waals surface area (Å²) < 4.78 is 7.04. The molecule has 3 N–H and O–H groups in total. The van der Waals surface area contributed by atoms with Gasteiger partial charge < -0.3 is 15.5 Å². The number of aromatic nitrogens is 4. The quantitative estimate of drug-likeness (QED) is 0.477. The molecular weight excluding hydrogens is 390 g/mol. The van der Waals surface area contributed by atoms with Gasteiger partial charge in [0.2, 0.25) is 11.8 Å². The Morgan fingerprint density at radius 2 is 1.94 bits per heavy atom. The van der Waals surface area contributed by atoms with Crippen molar-refractivity contribution in [2.75, 3.05) is 25.4 Å². The average molecular weight is 418 g/mol. The highest BCUT2D eigenvalue weighted by molar-refractivity contribution is 5.57. The summed E-state index contributed by atoms with van der Waals surface area (Å²) in [6, 6.07) is 14.9. The minimum absolute atomic E-state index is 0.324. The van der Waals surface area contributed by atoms with Crippen LogP contribution < -0.4 is 11.1 Å². The van der Waals surface area contributed by atoms with E-state index in [4.69, 9.17) is 10.2 Å². The summed E-state index contributed by atoms with van der Waals surface area (Å²) in [6.07, 6.45) is 6.77. The molecule has 1 aromatic carbocycles. The molecule has 4 aromatic rings. The molecule has 1 fully saturated rings. The summed E-state index contributed by atoms with van der Waals surface area (Å²) in [6.45, 7) is 3.88. The van der Waals surface area contributed by atoms with Gasteiger partial charge >= 0.3 is 0 Å².